The first-order valence-corrected chi connectivity index (χ1v) is 5.34. The second-order valence-electron chi connectivity index (χ2n) is 4.71. The molecule has 1 aromatic heterocycles. The predicted octanol–water partition coefficient (Wildman–Crippen LogP) is 3.43. The molecule has 0 aliphatic rings. The lowest BCUT2D eigenvalue weighted by molar-refractivity contribution is 0.353. The van der Waals surface area contributed by atoms with E-state index in [0.29, 0.717) is 0 Å². The molecule has 1 aromatic carbocycles. The van der Waals surface area contributed by atoms with Crippen LogP contribution in [0.3, 0.4) is 0 Å². The van der Waals surface area contributed by atoms with E-state index in [0.717, 1.165) is 11.5 Å². The summed E-state index contributed by atoms with van der Waals surface area (Å²) in [6.07, 6.45) is 3.64. The van der Waals surface area contributed by atoms with Crippen LogP contribution >= 0.6 is 0 Å². The van der Waals surface area contributed by atoms with Crippen LogP contribution in [0.5, 0.6) is 11.5 Å². The van der Waals surface area contributed by atoms with Crippen LogP contribution in [0.25, 0.3) is 0 Å². The van der Waals surface area contributed by atoms with Crippen molar-refractivity contribution in [1.82, 2.24) is 9.78 Å². The lowest BCUT2D eigenvalue weighted by Crippen LogP contribution is -2.21. The van der Waals surface area contributed by atoms with E-state index in [2.05, 4.69) is 25.9 Å². The highest BCUT2D eigenvalue weighted by Crippen LogP contribution is 2.22. The zero-order valence-electron chi connectivity index (χ0n) is 9.84. The third-order valence-corrected chi connectivity index (χ3v) is 2.23. The lowest BCUT2D eigenvalue weighted by Gasteiger charge is -2.18. The molecule has 2 aromatic rings. The second-order valence-corrected chi connectivity index (χ2v) is 4.71. The van der Waals surface area contributed by atoms with E-state index in [1.807, 2.05) is 41.2 Å². The molecular formula is C13H16N2O. The normalized spacial score (nSPS) is 11.4. The van der Waals surface area contributed by atoms with E-state index in [9.17, 15) is 0 Å². The minimum Gasteiger partial charge on any atom is -0.454 e. The summed E-state index contributed by atoms with van der Waals surface area (Å²) < 4.78 is 7.56. The Morgan fingerprint density at radius 3 is 2.31 bits per heavy atom. The fourth-order valence-corrected chi connectivity index (χ4v) is 1.35. The molecular weight excluding hydrogens is 200 g/mol. The minimum absolute atomic E-state index is 0.0156. The minimum atomic E-state index is -0.0156. The summed E-state index contributed by atoms with van der Waals surface area (Å²) >= 11 is 0. The standard InChI is InChI=1S/C13H16N2O/c1-13(2,3)15-10-12(9-14-15)16-11-7-5-4-6-8-11/h4-10H,1-3H3. The molecule has 0 fully saturated rings. The fraction of sp³-hybridized carbons (Fsp3) is 0.308. The summed E-state index contributed by atoms with van der Waals surface area (Å²) in [6, 6.07) is 9.71. The lowest BCUT2D eigenvalue weighted by atomic mass is 10.1. The monoisotopic (exact) mass is 216 g/mol. The summed E-state index contributed by atoms with van der Waals surface area (Å²) in [5.74, 6) is 1.59. The number of aromatic nitrogens is 2. The maximum absolute atomic E-state index is 5.67. The summed E-state index contributed by atoms with van der Waals surface area (Å²) in [6.45, 7) is 6.31. The third kappa shape index (κ3) is 2.42. The summed E-state index contributed by atoms with van der Waals surface area (Å²) in [4.78, 5) is 0. The Bertz CT molecular complexity index is 454. The fourth-order valence-electron chi connectivity index (χ4n) is 1.35. The number of rotatable bonds is 2. The molecule has 0 aliphatic carbocycles. The highest BCUT2D eigenvalue weighted by molar-refractivity contribution is 5.27. The topological polar surface area (TPSA) is 27.1 Å². The Labute approximate surface area is 95.7 Å². The molecule has 0 radical (unpaired) electrons. The van der Waals surface area contributed by atoms with Crippen LogP contribution in [0.2, 0.25) is 0 Å². The van der Waals surface area contributed by atoms with E-state index < -0.39 is 0 Å². The van der Waals surface area contributed by atoms with Gasteiger partial charge in [-0.3, -0.25) is 4.68 Å². The largest absolute Gasteiger partial charge is 0.454 e. The van der Waals surface area contributed by atoms with Crippen molar-refractivity contribution in [2.45, 2.75) is 26.3 Å². The van der Waals surface area contributed by atoms with Gasteiger partial charge < -0.3 is 4.74 Å². The first-order valence-electron chi connectivity index (χ1n) is 5.34. The van der Waals surface area contributed by atoms with E-state index in [1.165, 1.54) is 0 Å². The zero-order chi connectivity index (χ0) is 11.6. The van der Waals surface area contributed by atoms with Gasteiger partial charge in [0.15, 0.2) is 5.75 Å². The van der Waals surface area contributed by atoms with Gasteiger partial charge in [0.25, 0.3) is 0 Å². The molecule has 0 spiro atoms. The Morgan fingerprint density at radius 2 is 1.75 bits per heavy atom. The molecule has 0 saturated heterocycles. The molecule has 0 atom stereocenters. The van der Waals surface area contributed by atoms with E-state index in [-0.39, 0.29) is 5.54 Å². The van der Waals surface area contributed by atoms with Gasteiger partial charge in [-0.15, -0.1) is 0 Å². The van der Waals surface area contributed by atoms with Gasteiger partial charge in [0.05, 0.1) is 17.9 Å². The highest BCUT2D eigenvalue weighted by Gasteiger charge is 2.14. The molecule has 0 bridgehead atoms. The molecule has 84 valence electrons. The van der Waals surface area contributed by atoms with Crippen LogP contribution in [0.4, 0.5) is 0 Å². The predicted molar refractivity (Wildman–Crippen MR) is 63.7 cm³/mol. The maximum atomic E-state index is 5.67. The van der Waals surface area contributed by atoms with Crippen molar-refractivity contribution in [2.75, 3.05) is 0 Å². The van der Waals surface area contributed by atoms with E-state index in [1.54, 1.807) is 6.20 Å². The Hall–Kier alpha value is -1.77. The van der Waals surface area contributed by atoms with Crippen molar-refractivity contribution in [3.05, 3.63) is 42.7 Å². The first-order chi connectivity index (χ1) is 7.55. The van der Waals surface area contributed by atoms with Gasteiger partial charge in [0.1, 0.15) is 5.75 Å². The Kier molecular flexibility index (Phi) is 2.69. The number of ether oxygens (including phenoxy) is 1. The van der Waals surface area contributed by atoms with Crippen molar-refractivity contribution in [2.24, 2.45) is 0 Å². The highest BCUT2D eigenvalue weighted by atomic mass is 16.5. The molecule has 0 aliphatic heterocycles. The number of hydrogen-bond donors (Lipinski definition) is 0. The van der Waals surface area contributed by atoms with Gasteiger partial charge in [0, 0.05) is 0 Å². The van der Waals surface area contributed by atoms with Crippen LogP contribution in [0.15, 0.2) is 42.7 Å². The average molecular weight is 216 g/mol. The molecule has 1 heterocycles. The molecule has 16 heavy (non-hydrogen) atoms. The van der Waals surface area contributed by atoms with Crippen LogP contribution in [0.1, 0.15) is 20.8 Å². The van der Waals surface area contributed by atoms with Crippen molar-refractivity contribution in [3.63, 3.8) is 0 Å². The van der Waals surface area contributed by atoms with Crippen molar-refractivity contribution < 1.29 is 4.74 Å². The van der Waals surface area contributed by atoms with Crippen LogP contribution in [-0.2, 0) is 5.54 Å². The SMILES string of the molecule is CC(C)(C)n1cc(Oc2ccccc2)cn1. The number of hydrogen-bond acceptors (Lipinski definition) is 2. The number of nitrogens with zero attached hydrogens (tertiary/aromatic N) is 2. The smallest absolute Gasteiger partial charge is 0.165 e. The van der Waals surface area contributed by atoms with Crippen molar-refractivity contribution in [3.8, 4) is 11.5 Å². The van der Waals surface area contributed by atoms with Gasteiger partial charge in [-0.2, -0.15) is 5.10 Å². The van der Waals surface area contributed by atoms with Gasteiger partial charge in [-0.05, 0) is 32.9 Å². The summed E-state index contributed by atoms with van der Waals surface area (Å²) in [5, 5.41) is 4.28. The van der Waals surface area contributed by atoms with E-state index in [4.69, 9.17) is 4.74 Å². The number of benzene rings is 1. The average Bonchev–Trinajstić information content (AvgIpc) is 2.67. The Balaban J connectivity index is 2.15. The Morgan fingerprint density at radius 1 is 1.06 bits per heavy atom. The van der Waals surface area contributed by atoms with Crippen LogP contribution < -0.4 is 4.74 Å². The molecule has 0 N–H and O–H groups in total. The molecule has 0 saturated carbocycles. The quantitative estimate of drug-likeness (QED) is 0.769. The van der Waals surface area contributed by atoms with Crippen LogP contribution in [-0.4, -0.2) is 9.78 Å². The third-order valence-electron chi connectivity index (χ3n) is 2.23. The second kappa shape index (κ2) is 4.00. The zero-order valence-corrected chi connectivity index (χ0v) is 9.84. The van der Waals surface area contributed by atoms with Crippen molar-refractivity contribution >= 4 is 0 Å². The van der Waals surface area contributed by atoms with Gasteiger partial charge in [-0.25, -0.2) is 0 Å². The summed E-state index contributed by atoms with van der Waals surface area (Å²) in [5.41, 5.74) is -0.0156. The molecule has 2 rings (SSSR count). The van der Waals surface area contributed by atoms with Crippen LogP contribution in [0, 0.1) is 0 Å². The molecule has 3 heteroatoms. The van der Waals surface area contributed by atoms with Gasteiger partial charge >= 0.3 is 0 Å². The van der Waals surface area contributed by atoms with Gasteiger partial charge in [-0.1, -0.05) is 18.2 Å². The summed E-state index contributed by atoms with van der Waals surface area (Å²) in [7, 11) is 0. The van der Waals surface area contributed by atoms with Crippen molar-refractivity contribution in [1.29, 1.82) is 0 Å². The van der Waals surface area contributed by atoms with E-state index >= 15 is 0 Å². The first kappa shape index (κ1) is 10.7. The molecule has 0 unspecified atom stereocenters. The maximum Gasteiger partial charge on any atom is 0.165 e. The number of para-hydroxylation sites is 1. The molecule has 3 nitrogen and oxygen atoms in total. The molecule has 0 amide bonds. The van der Waals surface area contributed by atoms with Gasteiger partial charge in [0.2, 0.25) is 0 Å².